The molecule has 0 unspecified atom stereocenters. The third-order valence-corrected chi connectivity index (χ3v) is 14.5. The lowest BCUT2D eigenvalue weighted by Gasteiger charge is -2.18. The highest BCUT2D eigenvalue weighted by Crippen LogP contribution is 2.19. The van der Waals surface area contributed by atoms with Crippen LogP contribution in [0.5, 0.6) is 0 Å². The number of carbonyl (C=O) groups is 3. The van der Waals surface area contributed by atoms with E-state index >= 15 is 0 Å². The van der Waals surface area contributed by atoms with Gasteiger partial charge in [-0.15, -0.1) is 0 Å². The Hall–Kier alpha value is -1.59. The van der Waals surface area contributed by atoms with Gasteiger partial charge in [0.15, 0.2) is 6.10 Å². The Balaban J connectivity index is 4.28. The first-order chi connectivity index (χ1) is 33.9. The smallest absolute Gasteiger partial charge is 0.306 e. The highest BCUT2D eigenvalue weighted by molar-refractivity contribution is 5.71. The molecule has 0 fully saturated rings. The van der Waals surface area contributed by atoms with Gasteiger partial charge in [0.05, 0.1) is 0 Å². The maximum absolute atomic E-state index is 12.9. The van der Waals surface area contributed by atoms with Crippen LogP contribution in [0.25, 0.3) is 0 Å². The van der Waals surface area contributed by atoms with E-state index in [2.05, 4.69) is 27.7 Å². The van der Waals surface area contributed by atoms with Crippen molar-refractivity contribution in [2.45, 2.75) is 368 Å². The fraction of sp³-hybridized carbons (Fsp3) is 0.952. The summed E-state index contributed by atoms with van der Waals surface area (Å²) in [7, 11) is 0. The Kier molecular flexibility index (Phi) is 56.0. The molecule has 69 heavy (non-hydrogen) atoms. The van der Waals surface area contributed by atoms with Gasteiger partial charge < -0.3 is 14.2 Å². The summed E-state index contributed by atoms with van der Waals surface area (Å²) in [5.74, 6) is 0.0107. The van der Waals surface area contributed by atoms with Crippen LogP contribution in [0.4, 0.5) is 0 Å². The molecule has 0 aliphatic rings. The topological polar surface area (TPSA) is 78.9 Å². The van der Waals surface area contributed by atoms with Crippen LogP contribution in [0.15, 0.2) is 0 Å². The Morgan fingerprint density at radius 1 is 0.275 bits per heavy atom. The van der Waals surface area contributed by atoms with Gasteiger partial charge in [0, 0.05) is 19.3 Å². The van der Waals surface area contributed by atoms with Crippen molar-refractivity contribution in [1.29, 1.82) is 0 Å². The Morgan fingerprint density at radius 3 is 0.710 bits per heavy atom. The van der Waals surface area contributed by atoms with E-state index in [0.29, 0.717) is 19.3 Å². The summed E-state index contributed by atoms with van der Waals surface area (Å²) < 4.78 is 16.9. The molecule has 0 bridgehead atoms. The molecule has 6 heteroatoms. The molecule has 0 aliphatic heterocycles. The quantitative estimate of drug-likeness (QED) is 0.0343. The van der Waals surface area contributed by atoms with E-state index in [1.54, 1.807) is 0 Å². The maximum Gasteiger partial charge on any atom is 0.306 e. The van der Waals surface area contributed by atoms with E-state index in [4.69, 9.17) is 14.2 Å². The zero-order chi connectivity index (χ0) is 50.2. The Morgan fingerprint density at radius 2 is 0.478 bits per heavy atom. The second-order valence-corrected chi connectivity index (χ2v) is 22.2. The second kappa shape index (κ2) is 57.3. The molecule has 6 nitrogen and oxygen atoms in total. The zero-order valence-electron chi connectivity index (χ0n) is 47.3. The van der Waals surface area contributed by atoms with Crippen molar-refractivity contribution in [3.63, 3.8) is 0 Å². The average Bonchev–Trinajstić information content (AvgIpc) is 3.34. The lowest BCUT2D eigenvalue weighted by atomic mass is 10.0. The number of hydrogen-bond donors (Lipinski definition) is 0. The number of esters is 3. The van der Waals surface area contributed by atoms with Crippen molar-refractivity contribution >= 4 is 17.9 Å². The molecule has 0 aromatic carbocycles. The number of hydrogen-bond acceptors (Lipinski definition) is 6. The fourth-order valence-electron chi connectivity index (χ4n) is 9.81. The van der Waals surface area contributed by atoms with Crippen molar-refractivity contribution in [2.75, 3.05) is 13.2 Å². The summed E-state index contributed by atoms with van der Waals surface area (Å²) in [6.45, 7) is 9.08. The lowest BCUT2D eigenvalue weighted by Crippen LogP contribution is -2.30. The van der Waals surface area contributed by atoms with Crippen LogP contribution in [-0.4, -0.2) is 37.2 Å². The molecule has 0 N–H and O–H groups in total. The van der Waals surface area contributed by atoms with Gasteiger partial charge in [-0.1, -0.05) is 323 Å². The minimum atomic E-state index is -0.763. The van der Waals surface area contributed by atoms with Gasteiger partial charge in [0.2, 0.25) is 0 Å². The maximum atomic E-state index is 12.9. The molecule has 0 aromatic heterocycles. The van der Waals surface area contributed by atoms with E-state index < -0.39 is 6.10 Å². The van der Waals surface area contributed by atoms with Gasteiger partial charge in [-0.25, -0.2) is 0 Å². The van der Waals surface area contributed by atoms with E-state index in [-0.39, 0.29) is 31.1 Å². The predicted molar refractivity (Wildman–Crippen MR) is 298 cm³/mol. The predicted octanol–water partition coefficient (Wildman–Crippen LogP) is 21.0. The summed E-state index contributed by atoms with van der Waals surface area (Å²) in [4.78, 5) is 38.3. The summed E-state index contributed by atoms with van der Waals surface area (Å²) in [5.41, 5.74) is 0. The lowest BCUT2D eigenvalue weighted by molar-refractivity contribution is -0.167. The third kappa shape index (κ3) is 57.2. The van der Waals surface area contributed by atoms with Crippen LogP contribution in [0, 0.1) is 5.92 Å². The highest BCUT2D eigenvalue weighted by atomic mass is 16.6. The van der Waals surface area contributed by atoms with E-state index in [1.807, 2.05) is 0 Å². The Bertz CT molecular complexity index is 1040. The van der Waals surface area contributed by atoms with Crippen LogP contribution in [0.2, 0.25) is 0 Å². The largest absolute Gasteiger partial charge is 0.462 e. The van der Waals surface area contributed by atoms with Crippen molar-refractivity contribution in [2.24, 2.45) is 5.92 Å². The normalized spacial score (nSPS) is 12.0. The van der Waals surface area contributed by atoms with Crippen molar-refractivity contribution in [3.8, 4) is 0 Å². The van der Waals surface area contributed by atoms with Crippen LogP contribution >= 0.6 is 0 Å². The SMILES string of the molecule is CCCCCCCCCCCCCCCCCCCCCC(=O)OC[C@H](COC(=O)CCCCCCCCCCCCCCCC(C)C)OC(=O)CCCCCCCCCCCCCCCCCC. The molecule has 0 aromatic rings. The number of unbranched alkanes of at least 4 members (excludes halogenated alkanes) is 45. The molecule has 0 saturated heterocycles. The third-order valence-electron chi connectivity index (χ3n) is 14.5. The molecule has 0 radical (unpaired) electrons. The van der Waals surface area contributed by atoms with Crippen LogP contribution in [-0.2, 0) is 28.6 Å². The first kappa shape index (κ1) is 67.4. The second-order valence-electron chi connectivity index (χ2n) is 22.2. The standard InChI is InChI=1S/C63H122O6/c1-5-7-9-11-13-15-17-19-21-23-24-25-27-30-34-38-42-46-50-54-61(64)67-57-60(69-63(66)56-52-48-44-40-36-31-26-22-20-18-16-14-12-10-8-6-2)58-68-62(65)55-51-47-43-39-35-32-28-29-33-37-41-45-49-53-59(3)4/h59-60H,5-58H2,1-4H3/t60-/m1/s1. The number of rotatable bonds is 58. The van der Waals surface area contributed by atoms with E-state index in [1.165, 1.54) is 257 Å². The molecule has 0 amide bonds. The van der Waals surface area contributed by atoms with Gasteiger partial charge in [-0.05, 0) is 25.2 Å². The Labute approximate surface area is 431 Å². The first-order valence-corrected chi connectivity index (χ1v) is 31.4. The minimum absolute atomic E-state index is 0.0613. The van der Waals surface area contributed by atoms with Crippen LogP contribution < -0.4 is 0 Å². The molecule has 0 rings (SSSR count). The van der Waals surface area contributed by atoms with Crippen LogP contribution in [0.3, 0.4) is 0 Å². The van der Waals surface area contributed by atoms with Gasteiger partial charge >= 0.3 is 17.9 Å². The minimum Gasteiger partial charge on any atom is -0.462 e. The monoisotopic (exact) mass is 975 g/mol. The molecule has 0 aliphatic carbocycles. The summed E-state index contributed by atoms with van der Waals surface area (Å²) in [6.07, 6.45) is 63.9. The first-order valence-electron chi connectivity index (χ1n) is 31.4. The number of carbonyl (C=O) groups excluding carboxylic acids is 3. The molecule has 0 heterocycles. The van der Waals surface area contributed by atoms with Crippen LogP contribution in [0.1, 0.15) is 362 Å². The van der Waals surface area contributed by atoms with Crippen molar-refractivity contribution in [3.05, 3.63) is 0 Å². The molecular formula is C63H122O6. The van der Waals surface area contributed by atoms with Gasteiger partial charge in [-0.3, -0.25) is 14.4 Å². The average molecular weight is 976 g/mol. The van der Waals surface area contributed by atoms with Gasteiger partial charge in [0.25, 0.3) is 0 Å². The van der Waals surface area contributed by atoms with Crippen molar-refractivity contribution < 1.29 is 28.6 Å². The fourth-order valence-corrected chi connectivity index (χ4v) is 9.81. The summed E-state index contributed by atoms with van der Waals surface area (Å²) >= 11 is 0. The highest BCUT2D eigenvalue weighted by Gasteiger charge is 2.19. The zero-order valence-corrected chi connectivity index (χ0v) is 47.3. The summed E-state index contributed by atoms with van der Waals surface area (Å²) in [6, 6.07) is 0. The molecule has 0 spiro atoms. The van der Waals surface area contributed by atoms with Gasteiger partial charge in [0.1, 0.15) is 13.2 Å². The summed E-state index contributed by atoms with van der Waals surface area (Å²) in [5, 5.41) is 0. The molecular weight excluding hydrogens is 853 g/mol. The van der Waals surface area contributed by atoms with E-state index in [9.17, 15) is 14.4 Å². The van der Waals surface area contributed by atoms with E-state index in [0.717, 1.165) is 63.7 Å². The molecule has 410 valence electrons. The molecule has 1 atom stereocenters. The number of ether oxygens (including phenoxy) is 3. The van der Waals surface area contributed by atoms with Crippen molar-refractivity contribution in [1.82, 2.24) is 0 Å². The van der Waals surface area contributed by atoms with Gasteiger partial charge in [-0.2, -0.15) is 0 Å². The molecule has 0 saturated carbocycles.